The Labute approximate surface area is 104 Å². The first kappa shape index (κ1) is 11.8. The molecule has 0 bridgehead atoms. The highest BCUT2D eigenvalue weighted by molar-refractivity contribution is 5.29. The molecule has 17 heavy (non-hydrogen) atoms. The number of aromatic nitrogens is 1. The van der Waals surface area contributed by atoms with Crippen molar-refractivity contribution in [1.82, 2.24) is 4.98 Å². The van der Waals surface area contributed by atoms with Crippen molar-refractivity contribution in [2.45, 2.75) is 32.6 Å². The highest BCUT2D eigenvalue weighted by Crippen LogP contribution is 2.22. The maximum atomic E-state index is 4.35. The molecule has 2 aromatic rings. The van der Waals surface area contributed by atoms with Crippen LogP contribution in [0.2, 0.25) is 0 Å². The van der Waals surface area contributed by atoms with Gasteiger partial charge < -0.3 is 0 Å². The number of rotatable bonds is 2. The van der Waals surface area contributed by atoms with E-state index in [0.717, 1.165) is 6.42 Å². The quantitative estimate of drug-likeness (QED) is 0.753. The Kier molecular flexibility index (Phi) is 3.28. The maximum Gasteiger partial charge on any atom is 0.0305 e. The van der Waals surface area contributed by atoms with Crippen LogP contribution < -0.4 is 0 Å². The summed E-state index contributed by atoms with van der Waals surface area (Å²) in [6.45, 7) is 6.66. The minimum Gasteiger partial charge on any atom is -0.264 e. The van der Waals surface area contributed by atoms with Crippen LogP contribution in [0.4, 0.5) is 0 Å². The van der Waals surface area contributed by atoms with E-state index in [4.69, 9.17) is 0 Å². The molecular weight excluding hydrogens is 206 g/mol. The van der Waals surface area contributed by atoms with Gasteiger partial charge in [-0.15, -0.1) is 0 Å². The summed E-state index contributed by atoms with van der Waals surface area (Å²) in [6, 6.07) is 12.8. The van der Waals surface area contributed by atoms with E-state index < -0.39 is 0 Å². The van der Waals surface area contributed by atoms with Crippen molar-refractivity contribution in [3.05, 3.63) is 65.5 Å². The largest absolute Gasteiger partial charge is 0.264 e. The fourth-order valence-corrected chi connectivity index (χ4v) is 1.83. The lowest BCUT2D eigenvalue weighted by atomic mass is 9.87. The Morgan fingerprint density at radius 2 is 1.65 bits per heavy atom. The number of nitrogens with zero attached hydrogens (tertiary/aromatic N) is 1. The second-order valence-electron chi connectivity index (χ2n) is 5.49. The molecule has 0 saturated carbocycles. The highest BCUT2D eigenvalue weighted by atomic mass is 14.6. The number of hydrogen-bond donors (Lipinski definition) is 0. The van der Waals surface area contributed by atoms with Crippen LogP contribution in [0, 0.1) is 0 Å². The van der Waals surface area contributed by atoms with E-state index in [1.54, 1.807) is 0 Å². The minimum atomic E-state index is 0.166. The van der Waals surface area contributed by atoms with Crippen molar-refractivity contribution in [3.8, 4) is 0 Å². The highest BCUT2D eigenvalue weighted by Gasteiger charge is 2.14. The Balaban J connectivity index is 2.23. The third-order valence-corrected chi connectivity index (χ3v) is 2.91. The summed E-state index contributed by atoms with van der Waals surface area (Å²) >= 11 is 0. The molecule has 0 amide bonds. The summed E-state index contributed by atoms with van der Waals surface area (Å²) in [4.78, 5) is 4.35. The van der Waals surface area contributed by atoms with Gasteiger partial charge in [0.1, 0.15) is 0 Å². The molecule has 0 aliphatic rings. The topological polar surface area (TPSA) is 12.9 Å². The average Bonchev–Trinajstić information content (AvgIpc) is 2.29. The van der Waals surface area contributed by atoms with Crippen LogP contribution in [-0.4, -0.2) is 4.98 Å². The zero-order valence-electron chi connectivity index (χ0n) is 10.8. The fraction of sp³-hybridized carbons (Fsp3) is 0.312. The molecule has 0 fully saturated rings. The molecule has 0 atom stereocenters. The molecule has 2 rings (SSSR count). The third kappa shape index (κ3) is 3.16. The van der Waals surface area contributed by atoms with Gasteiger partial charge in [0.25, 0.3) is 0 Å². The van der Waals surface area contributed by atoms with E-state index in [2.05, 4.69) is 56.1 Å². The van der Waals surface area contributed by atoms with Crippen molar-refractivity contribution in [2.24, 2.45) is 0 Å². The van der Waals surface area contributed by atoms with E-state index in [9.17, 15) is 0 Å². The standard InChI is InChI=1S/C16H19N/c1-16(2,3)15-10-14(11-17-12-15)9-13-7-5-4-6-8-13/h4-8,10-12H,9H2,1-3H3. The Hall–Kier alpha value is -1.63. The molecule has 0 aliphatic heterocycles. The van der Waals surface area contributed by atoms with Crippen molar-refractivity contribution < 1.29 is 0 Å². The lowest BCUT2D eigenvalue weighted by Crippen LogP contribution is -2.11. The smallest absolute Gasteiger partial charge is 0.0305 e. The van der Waals surface area contributed by atoms with Crippen LogP contribution in [0.5, 0.6) is 0 Å². The molecule has 0 saturated heterocycles. The third-order valence-electron chi connectivity index (χ3n) is 2.91. The van der Waals surface area contributed by atoms with Crippen LogP contribution in [-0.2, 0) is 11.8 Å². The van der Waals surface area contributed by atoms with E-state index in [-0.39, 0.29) is 5.41 Å². The molecule has 0 spiro atoms. The van der Waals surface area contributed by atoms with Crippen LogP contribution in [0.15, 0.2) is 48.8 Å². The first-order valence-electron chi connectivity index (χ1n) is 6.04. The monoisotopic (exact) mass is 225 g/mol. The van der Waals surface area contributed by atoms with Crippen LogP contribution >= 0.6 is 0 Å². The van der Waals surface area contributed by atoms with E-state index in [1.165, 1.54) is 16.7 Å². The molecular formula is C16H19N. The summed E-state index contributed by atoms with van der Waals surface area (Å²) in [5.74, 6) is 0. The average molecular weight is 225 g/mol. The fourth-order valence-electron chi connectivity index (χ4n) is 1.83. The number of benzene rings is 1. The van der Waals surface area contributed by atoms with Gasteiger partial charge in [0.15, 0.2) is 0 Å². The predicted molar refractivity (Wildman–Crippen MR) is 72.2 cm³/mol. The Morgan fingerprint density at radius 1 is 0.941 bits per heavy atom. The van der Waals surface area contributed by atoms with Gasteiger partial charge in [0.05, 0.1) is 0 Å². The van der Waals surface area contributed by atoms with Gasteiger partial charge in [0, 0.05) is 12.4 Å². The second-order valence-corrected chi connectivity index (χ2v) is 5.49. The molecule has 1 aromatic carbocycles. The molecule has 0 aliphatic carbocycles. The Bertz CT molecular complexity index is 480. The SMILES string of the molecule is CC(C)(C)c1cncc(Cc2ccccc2)c1. The molecule has 1 nitrogen and oxygen atoms in total. The molecule has 0 unspecified atom stereocenters. The summed E-state index contributed by atoms with van der Waals surface area (Å²) < 4.78 is 0. The van der Waals surface area contributed by atoms with Crippen molar-refractivity contribution >= 4 is 0 Å². The zero-order valence-corrected chi connectivity index (χ0v) is 10.8. The summed E-state index contributed by atoms with van der Waals surface area (Å²) in [5.41, 5.74) is 4.08. The van der Waals surface area contributed by atoms with Crippen molar-refractivity contribution in [1.29, 1.82) is 0 Å². The number of hydrogen-bond acceptors (Lipinski definition) is 1. The van der Waals surface area contributed by atoms with E-state index in [1.807, 2.05) is 18.5 Å². The normalized spacial score (nSPS) is 11.5. The van der Waals surface area contributed by atoms with Gasteiger partial charge in [-0.25, -0.2) is 0 Å². The molecule has 88 valence electrons. The summed E-state index contributed by atoms with van der Waals surface area (Å²) in [5, 5.41) is 0. The molecule has 1 aromatic heterocycles. The molecule has 0 radical (unpaired) electrons. The molecule has 1 heteroatoms. The van der Waals surface area contributed by atoms with Gasteiger partial charge in [0.2, 0.25) is 0 Å². The minimum absolute atomic E-state index is 0.166. The van der Waals surface area contributed by atoms with Gasteiger partial charge in [-0.05, 0) is 28.5 Å². The summed E-state index contributed by atoms with van der Waals surface area (Å²) in [7, 11) is 0. The Morgan fingerprint density at radius 3 is 2.29 bits per heavy atom. The lowest BCUT2D eigenvalue weighted by Gasteiger charge is -2.19. The predicted octanol–water partition coefficient (Wildman–Crippen LogP) is 3.97. The molecule has 1 heterocycles. The van der Waals surface area contributed by atoms with E-state index >= 15 is 0 Å². The van der Waals surface area contributed by atoms with Crippen LogP contribution in [0.1, 0.15) is 37.5 Å². The lowest BCUT2D eigenvalue weighted by molar-refractivity contribution is 0.586. The summed E-state index contributed by atoms with van der Waals surface area (Å²) in [6.07, 6.45) is 4.88. The van der Waals surface area contributed by atoms with Gasteiger partial charge in [-0.1, -0.05) is 57.2 Å². The van der Waals surface area contributed by atoms with Crippen LogP contribution in [0.25, 0.3) is 0 Å². The van der Waals surface area contributed by atoms with Gasteiger partial charge >= 0.3 is 0 Å². The van der Waals surface area contributed by atoms with Crippen LogP contribution in [0.3, 0.4) is 0 Å². The number of pyridine rings is 1. The first-order valence-corrected chi connectivity index (χ1v) is 6.04. The maximum absolute atomic E-state index is 4.35. The first-order chi connectivity index (χ1) is 8.05. The zero-order chi connectivity index (χ0) is 12.3. The second kappa shape index (κ2) is 4.70. The van der Waals surface area contributed by atoms with Gasteiger partial charge in [-0.3, -0.25) is 4.98 Å². The van der Waals surface area contributed by atoms with E-state index in [0.29, 0.717) is 0 Å². The molecule has 0 N–H and O–H groups in total. The van der Waals surface area contributed by atoms with Gasteiger partial charge in [-0.2, -0.15) is 0 Å². The van der Waals surface area contributed by atoms with Crippen molar-refractivity contribution in [2.75, 3.05) is 0 Å². The van der Waals surface area contributed by atoms with Crippen molar-refractivity contribution in [3.63, 3.8) is 0 Å².